The smallest absolute Gasteiger partial charge is 0.241 e. The molecule has 0 saturated heterocycles. The van der Waals surface area contributed by atoms with Gasteiger partial charge in [-0.05, 0) is 37.8 Å². The fourth-order valence-electron chi connectivity index (χ4n) is 3.08. The van der Waals surface area contributed by atoms with Crippen LogP contribution in [0, 0.1) is 0 Å². The topological polar surface area (TPSA) is 84.9 Å². The number of benzene rings is 1. The Labute approximate surface area is 139 Å². The molecule has 0 unspecified atom stereocenters. The second-order valence-electron chi connectivity index (χ2n) is 5.90. The van der Waals surface area contributed by atoms with E-state index in [0.29, 0.717) is 16.9 Å². The van der Waals surface area contributed by atoms with Crippen LogP contribution in [0.3, 0.4) is 0 Å². The first-order chi connectivity index (χ1) is 11.7. The van der Waals surface area contributed by atoms with Gasteiger partial charge < -0.3 is 9.72 Å². The van der Waals surface area contributed by atoms with Crippen molar-refractivity contribution < 1.29 is 13.2 Å². The molecule has 1 aliphatic rings. The number of hydrogen-bond donors (Lipinski definition) is 1. The first kappa shape index (κ1) is 15.1. The molecule has 0 bridgehead atoms. The zero-order chi connectivity index (χ0) is 16.6. The summed E-state index contributed by atoms with van der Waals surface area (Å²) in [6.07, 6.45) is 7.26. The Balaban J connectivity index is 1.78. The Hall–Kier alpha value is -2.41. The van der Waals surface area contributed by atoms with Crippen LogP contribution in [0.15, 0.2) is 52.6 Å². The second kappa shape index (κ2) is 5.90. The quantitative estimate of drug-likeness (QED) is 0.787. The van der Waals surface area contributed by atoms with Crippen molar-refractivity contribution in [3.8, 4) is 5.88 Å². The minimum atomic E-state index is -3.64. The van der Waals surface area contributed by atoms with Gasteiger partial charge in [-0.3, -0.25) is 0 Å². The molecule has 3 aromatic rings. The molecule has 0 spiro atoms. The summed E-state index contributed by atoms with van der Waals surface area (Å²) in [6, 6.07) is 8.33. The molecule has 24 heavy (non-hydrogen) atoms. The highest BCUT2D eigenvalue weighted by Crippen LogP contribution is 2.32. The maximum atomic E-state index is 12.8. The van der Waals surface area contributed by atoms with Crippen molar-refractivity contribution in [1.82, 2.24) is 15.0 Å². The Bertz CT molecular complexity index is 961. The van der Waals surface area contributed by atoms with Crippen LogP contribution >= 0.6 is 0 Å². The average Bonchev–Trinajstić information content (AvgIpc) is 3.25. The zero-order valence-electron chi connectivity index (χ0n) is 13.0. The number of hydrogen-bond acceptors (Lipinski definition) is 5. The van der Waals surface area contributed by atoms with Gasteiger partial charge in [-0.2, -0.15) is 4.98 Å². The number of H-pyrrole nitrogens is 1. The molecular weight excluding hydrogens is 326 g/mol. The molecule has 0 aliphatic heterocycles. The number of nitrogens with zero attached hydrogens (tertiary/aromatic N) is 2. The molecule has 6 nitrogen and oxygen atoms in total. The summed E-state index contributed by atoms with van der Waals surface area (Å²) in [6.45, 7) is 0. The highest BCUT2D eigenvalue weighted by molar-refractivity contribution is 7.91. The SMILES string of the molecule is O=S(=O)(c1ccccc1)c1c[nH]c2c(OC3CCCC3)ncnc12. The average molecular weight is 343 g/mol. The fraction of sp³-hybridized carbons (Fsp3) is 0.294. The van der Waals surface area contributed by atoms with Crippen LogP contribution in [-0.4, -0.2) is 29.5 Å². The number of rotatable bonds is 4. The van der Waals surface area contributed by atoms with Gasteiger partial charge in [-0.15, -0.1) is 0 Å². The molecule has 7 heteroatoms. The van der Waals surface area contributed by atoms with Crippen molar-refractivity contribution in [2.75, 3.05) is 0 Å². The predicted molar refractivity (Wildman–Crippen MR) is 88.7 cm³/mol. The molecule has 4 rings (SSSR count). The van der Waals surface area contributed by atoms with Crippen LogP contribution in [0.4, 0.5) is 0 Å². The molecule has 1 saturated carbocycles. The lowest BCUT2D eigenvalue weighted by Gasteiger charge is -2.12. The van der Waals surface area contributed by atoms with Crippen LogP contribution in [-0.2, 0) is 9.84 Å². The summed E-state index contributed by atoms with van der Waals surface area (Å²) < 4.78 is 31.6. The van der Waals surface area contributed by atoms with E-state index in [9.17, 15) is 8.42 Å². The summed E-state index contributed by atoms with van der Waals surface area (Å²) in [5.74, 6) is 0.418. The minimum Gasteiger partial charge on any atom is -0.473 e. The molecule has 0 radical (unpaired) electrons. The standard InChI is InChI=1S/C17H17N3O3S/c21-24(22,13-8-2-1-3-9-13)14-10-18-16-15(14)19-11-20-17(16)23-12-6-4-5-7-12/h1-3,8-12,18H,4-7H2. The van der Waals surface area contributed by atoms with Gasteiger partial charge in [0, 0.05) is 6.20 Å². The third kappa shape index (κ3) is 2.54. The van der Waals surface area contributed by atoms with E-state index >= 15 is 0 Å². The van der Waals surface area contributed by atoms with E-state index < -0.39 is 9.84 Å². The summed E-state index contributed by atoms with van der Waals surface area (Å²) in [4.78, 5) is 11.7. The van der Waals surface area contributed by atoms with E-state index in [1.54, 1.807) is 30.3 Å². The maximum Gasteiger partial charge on any atom is 0.241 e. The fourth-order valence-corrected chi connectivity index (χ4v) is 4.47. The summed E-state index contributed by atoms with van der Waals surface area (Å²) in [7, 11) is -3.64. The van der Waals surface area contributed by atoms with E-state index in [4.69, 9.17) is 4.74 Å². The number of fused-ring (bicyclic) bond motifs is 1. The molecule has 1 aliphatic carbocycles. The number of aromatic nitrogens is 3. The van der Waals surface area contributed by atoms with Gasteiger partial charge in [-0.25, -0.2) is 13.4 Å². The van der Waals surface area contributed by atoms with E-state index in [1.807, 2.05) is 0 Å². The Morgan fingerprint density at radius 3 is 2.58 bits per heavy atom. The third-order valence-electron chi connectivity index (χ3n) is 4.32. The van der Waals surface area contributed by atoms with Crippen LogP contribution in [0.25, 0.3) is 11.0 Å². The maximum absolute atomic E-state index is 12.8. The normalized spacial score (nSPS) is 15.8. The molecule has 0 amide bonds. The Kier molecular flexibility index (Phi) is 3.72. The van der Waals surface area contributed by atoms with Crippen molar-refractivity contribution in [2.45, 2.75) is 41.6 Å². The van der Waals surface area contributed by atoms with Crippen molar-refractivity contribution in [3.63, 3.8) is 0 Å². The minimum absolute atomic E-state index is 0.139. The lowest BCUT2D eigenvalue weighted by Crippen LogP contribution is -2.12. The van der Waals surface area contributed by atoms with Gasteiger partial charge in [0.1, 0.15) is 28.4 Å². The van der Waals surface area contributed by atoms with Crippen LogP contribution in [0.2, 0.25) is 0 Å². The van der Waals surface area contributed by atoms with Gasteiger partial charge in [0.05, 0.1) is 4.90 Å². The van der Waals surface area contributed by atoms with Gasteiger partial charge in [0.2, 0.25) is 15.7 Å². The number of aromatic amines is 1. The number of nitrogens with one attached hydrogen (secondary N) is 1. The number of ether oxygens (including phenoxy) is 1. The molecule has 2 aromatic heterocycles. The van der Waals surface area contributed by atoms with E-state index in [0.717, 1.165) is 25.7 Å². The summed E-state index contributed by atoms with van der Waals surface area (Å²) in [5, 5.41) is 0. The summed E-state index contributed by atoms with van der Waals surface area (Å²) in [5.41, 5.74) is 0.890. The van der Waals surface area contributed by atoms with E-state index in [1.165, 1.54) is 12.5 Å². The van der Waals surface area contributed by atoms with Gasteiger partial charge in [0.25, 0.3) is 0 Å². The van der Waals surface area contributed by atoms with Crippen LogP contribution in [0.1, 0.15) is 25.7 Å². The molecular formula is C17H17N3O3S. The lowest BCUT2D eigenvalue weighted by atomic mass is 10.3. The predicted octanol–water partition coefficient (Wildman–Crippen LogP) is 3.11. The van der Waals surface area contributed by atoms with E-state index in [-0.39, 0.29) is 15.9 Å². The third-order valence-corrected chi connectivity index (χ3v) is 6.10. The molecule has 124 valence electrons. The summed E-state index contributed by atoms with van der Waals surface area (Å²) >= 11 is 0. The highest BCUT2D eigenvalue weighted by atomic mass is 32.2. The monoisotopic (exact) mass is 343 g/mol. The first-order valence-corrected chi connectivity index (χ1v) is 9.43. The van der Waals surface area contributed by atoms with E-state index in [2.05, 4.69) is 15.0 Å². The first-order valence-electron chi connectivity index (χ1n) is 7.95. The molecule has 0 atom stereocenters. The zero-order valence-corrected chi connectivity index (χ0v) is 13.8. The van der Waals surface area contributed by atoms with Crippen molar-refractivity contribution >= 4 is 20.9 Å². The highest BCUT2D eigenvalue weighted by Gasteiger charge is 2.25. The van der Waals surface area contributed by atoms with Crippen LogP contribution in [0.5, 0.6) is 5.88 Å². The molecule has 1 fully saturated rings. The Morgan fingerprint density at radius 1 is 1.08 bits per heavy atom. The number of sulfone groups is 1. The van der Waals surface area contributed by atoms with Gasteiger partial charge >= 0.3 is 0 Å². The molecule has 1 N–H and O–H groups in total. The Morgan fingerprint density at radius 2 is 1.83 bits per heavy atom. The van der Waals surface area contributed by atoms with Crippen molar-refractivity contribution in [2.24, 2.45) is 0 Å². The molecule has 1 aromatic carbocycles. The largest absolute Gasteiger partial charge is 0.473 e. The van der Waals surface area contributed by atoms with Gasteiger partial charge in [-0.1, -0.05) is 18.2 Å². The molecule has 2 heterocycles. The second-order valence-corrected chi connectivity index (χ2v) is 7.81. The van der Waals surface area contributed by atoms with Crippen molar-refractivity contribution in [1.29, 1.82) is 0 Å². The van der Waals surface area contributed by atoms with Crippen molar-refractivity contribution in [3.05, 3.63) is 42.9 Å². The van der Waals surface area contributed by atoms with Gasteiger partial charge in [0.15, 0.2) is 0 Å². The lowest BCUT2D eigenvalue weighted by molar-refractivity contribution is 0.204. The van der Waals surface area contributed by atoms with Crippen LogP contribution < -0.4 is 4.74 Å².